The van der Waals surface area contributed by atoms with Crippen LogP contribution in [0.3, 0.4) is 0 Å². The molecule has 13 heavy (non-hydrogen) atoms. The van der Waals surface area contributed by atoms with Gasteiger partial charge in [-0.05, 0) is 18.2 Å². The summed E-state index contributed by atoms with van der Waals surface area (Å²) in [4.78, 5) is 12.5. The Labute approximate surface area is 85.1 Å². The fourth-order valence-corrected chi connectivity index (χ4v) is 1.32. The number of aliphatic hydroxyl groups is 1. The number of halogens is 1. The Morgan fingerprint density at radius 2 is 2.31 bits per heavy atom. The molecule has 0 bridgehead atoms. The highest BCUT2D eigenvalue weighted by molar-refractivity contribution is 9.10. The van der Waals surface area contributed by atoms with Crippen molar-refractivity contribution in [3.05, 3.63) is 28.7 Å². The number of rotatable bonds is 2. The molecular weight excluding hydrogens is 234 g/mol. The van der Waals surface area contributed by atoms with Crippen molar-refractivity contribution >= 4 is 27.5 Å². The Balaban J connectivity index is 2.88. The number of hydrogen-bond donors (Lipinski definition) is 1. The lowest BCUT2D eigenvalue weighted by atomic mass is 10.3. The number of benzene rings is 1. The highest BCUT2D eigenvalue weighted by Gasteiger charge is 2.08. The number of carbonyl (C=O) groups excluding carboxylic acids is 1. The van der Waals surface area contributed by atoms with Crippen LogP contribution < -0.4 is 4.90 Å². The molecule has 0 radical (unpaired) electrons. The predicted octanol–water partition coefficient (Wildman–Crippen LogP) is 1.40. The Kier molecular flexibility index (Phi) is 3.45. The quantitative estimate of drug-likeness (QED) is 0.854. The molecule has 3 nitrogen and oxygen atoms in total. The van der Waals surface area contributed by atoms with Crippen LogP contribution in [0, 0.1) is 0 Å². The third-order valence-electron chi connectivity index (χ3n) is 1.70. The van der Waals surface area contributed by atoms with Crippen LogP contribution in [0.5, 0.6) is 0 Å². The molecule has 1 rings (SSSR count). The number of aliphatic hydroxyl groups excluding tert-OH is 1. The van der Waals surface area contributed by atoms with Gasteiger partial charge < -0.3 is 10.0 Å². The van der Waals surface area contributed by atoms with Crippen LogP contribution in [0.25, 0.3) is 0 Å². The first-order chi connectivity index (χ1) is 6.15. The van der Waals surface area contributed by atoms with Gasteiger partial charge in [-0.25, -0.2) is 0 Å². The third kappa shape index (κ3) is 2.54. The molecule has 0 aliphatic heterocycles. The minimum absolute atomic E-state index is 0.321. The van der Waals surface area contributed by atoms with Gasteiger partial charge >= 0.3 is 0 Å². The van der Waals surface area contributed by atoms with Crippen molar-refractivity contribution in [2.24, 2.45) is 0 Å². The molecule has 1 amide bonds. The van der Waals surface area contributed by atoms with E-state index in [4.69, 9.17) is 5.11 Å². The summed E-state index contributed by atoms with van der Waals surface area (Å²) in [5.74, 6) is -0.321. The molecule has 1 aromatic carbocycles. The topological polar surface area (TPSA) is 40.5 Å². The second-order valence-corrected chi connectivity index (χ2v) is 3.51. The number of anilines is 1. The van der Waals surface area contributed by atoms with Gasteiger partial charge in [-0.1, -0.05) is 22.0 Å². The van der Waals surface area contributed by atoms with Crippen LogP contribution in [0.4, 0.5) is 5.69 Å². The highest BCUT2D eigenvalue weighted by atomic mass is 79.9. The number of amides is 1. The van der Waals surface area contributed by atoms with Gasteiger partial charge in [0.15, 0.2) is 0 Å². The molecular formula is C9H10BrNO2. The van der Waals surface area contributed by atoms with E-state index in [-0.39, 0.29) is 5.91 Å². The first-order valence-corrected chi connectivity index (χ1v) is 4.57. The molecule has 0 spiro atoms. The summed E-state index contributed by atoms with van der Waals surface area (Å²) in [7, 11) is 1.63. The van der Waals surface area contributed by atoms with Crippen molar-refractivity contribution < 1.29 is 9.90 Å². The summed E-state index contributed by atoms with van der Waals surface area (Å²) in [6.07, 6.45) is 0. The van der Waals surface area contributed by atoms with Crippen molar-refractivity contribution in [1.82, 2.24) is 0 Å². The lowest BCUT2D eigenvalue weighted by Crippen LogP contribution is -2.28. The molecule has 0 atom stereocenters. The van der Waals surface area contributed by atoms with Gasteiger partial charge in [-0.3, -0.25) is 4.79 Å². The second-order valence-electron chi connectivity index (χ2n) is 2.59. The minimum Gasteiger partial charge on any atom is -0.387 e. The number of carbonyl (C=O) groups is 1. The Morgan fingerprint density at radius 3 is 2.85 bits per heavy atom. The maximum Gasteiger partial charge on any atom is 0.252 e. The molecule has 0 aromatic heterocycles. The van der Waals surface area contributed by atoms with Gasteiger partial charge in [0.25, 0.3) is 5.91 Å². The number of hydrogen-bond acceptors (Lipinski definition) is 2. The normalized spacial score (nSPS) is 9.77. The molecule has 0 fully saturated rings. The number of nitrogens with zero attached hydrogens (tertiary/aromatic N) is 1. The fraction of sp³-hybridized carbons (Fsp3) is 0.222. The SMILES string of the molecule is CN(C(=O)CO)c1cccc(Br)c1. The van der Waals surface area contributed by atoms with E-state index in [1.807, 2.05) is 18.2 Å². The molecule has 0 saturated heterocycles. The first-order valence-electron chi connectivity index (χ1n) is 3.78. The van der Waals surface area contributed by atoms with E-state index in [9.17, 15) is 4.79 Å². The molecule has 0 aliphatic rings. The Hall–Kier alpha value is -0.870. The molecule has 1 N–H and O–H groups in total. The first kappa shape index (κ1) is 10.2. The summed E-state index contributed by atoms with van der Waals surface area (Å²) in [6, 6.07) is 7.33. The minimum atomic E-state index is -0.469. The Bertz CT molecular complexity index is 314. The molecule has 0 saturated carbocycles. The lowest BCUT2D eigenvalue weighted by molar-refractivity contribution is -0.120. The second kappa shape index (κ2) is 4.39. The molecule has 0 unspecified atom stereocenters. The van der Waals surface area contributed by atoms with Crippen LogP contribution in [0.1, 0.15) is 0 Å². The van der Waals surface area contributed by atoms with Crippen LogP contribution in [-0.4, -0.2) is 24.7 Å². The van der Waals surface area contributed by atoms with Crippen molar-refractivity contribution in [2.45, 2.75) is 0 Å². The van der Waals surface area contributed by atoms with E-state index >= 15 is 0 Å². The van der Waals surface area contributed by atoms with Crippen molar-refractivity contribution in [3.63, 3.8) is 0 Å². The summed E-state index contributed by atoms with van der Waals surface area (Å²) in [5, 5.41) is 8.63. The average molecular weight is 244 g/mol. The predicted molar refractivity (Wildman–Crippen MR) is 54.6 cm³/mol. The van der Waals surface area contributed by atoms with Crippen molar-refractivity contribution in [2.75, 3.05) is 18.6 Å². The monoisotopic (exact) mass is 243 g/mol. The Morgan fingerprint density at radius 1 is 1.62 bits per heavy atom. The largest absolute Gasteiger partial charge is 0.387 e. The lowest BCUT2D eigenvalue weighted by Gasteiger charge is -2.15. The van der Waals surface area contributed by atoms with E-state index < -0.39 is 6.61 Å². The smallest absolute Gasteiger partial charge is 0.252 e. The molecule has 70 valence electrons. The fourth-order valence-electron chi connectivity index (χ4n) is 0.935. The van der Waals surface area contributed by atoms with Gasteiger partial charge in [-0.15, -0.1) is 0 Å². The zero-order chi connectivity index (χ0) is 9.84. The van der Waals surface area contributed by atoms with Crippen molar-refractivity contribution in [3.8, 4) is 0 Å². The maximum atomic E-state index is 11.1. The molecule has 4 heteroatoms. The molecule has 0 heterocycles. The number of likely N-dealkylation sites (N-methyl/N-ethyl adjacent to an activating group) is 1. The summed E-state index contributed by atoms with van der Waals surface area (Å²) in [6.45, 7) is -0.469. The summed E-state index contributed by atoms with van der Waals surface area (Å²) >= 11 is 3.30. The van der Waals surface area contributed by atoms with Gasteiger partial charge in [0.05, 0.1) is 0 Å². The van der Waals surface area contributed by atoms with Crippen LogP contribution in [0.15, 0.2) is 28.7 Å². The van der Waals surface area contributed by atoms with Crippen LogP contribution in [-0.2, 0) is 4.79 Å². The highest BCUT2D eigenvalue weighted by Crippen LogP contribution is 2.18. The maximum absolute atomic E-state index is 11.1. The van der Waals surface area contributed by atoms with Crippen molar-refractivity contribution in [1.29, 1.82) is 0 Å². The van der Waals surface area contributed by atoms with Gasteiger partial charge in [0, 0.05) is 17.2 Å². The summed E-state index contributed by atoms with van der Waals surface area (Å²) < 4.78 is 0.905. The standard InChI is InChI=1S/C9H10BrNO2/c1-11(9(13)6-12)8-4-2-3-7(10)5-8/h2-5,12H,6H2,1H3. The van der Waals surface area contributed by atoms with E-state index in [1.54, 1.807) is 13.1 Å². The molecule has 0 aliphatic carbocycles. The third-order valence-corrected chi connectivity index (χ3v) is 2.20. The van der Waals surface area contributed by atoms with Crippen LogP contribution >= 0.6 is 15.9 Å². The zero-order valence-corrected chi connectivity index (χ0v) is 8.78. The summed E-state index contributed by atoms with van der Waals surface area (Å²) in [5.41, 5.74) is 0.758. The van der Waals surface area contributed by atoms with E-state index in [2.05, 4.69) is 15.9 Å². The van der Waals surface area contributed by atoms with E-state index in [0.717, 1.165) is 10.2 Å². The van der Waals surface area contributed by atoms with Gasteiger partial charge in [0.1, 0.15) is 6.61 Å². The zero-order valence-electron chi connectivity index (χ0n) is 7.20. The van der Waals surface area contributed by atoms with E-state index in [0.29, 0.717) is 0 Å². The van der Waals surface area contributed by atoms with Gasteiger partial charge in [-0.2, -0.15) is 0 Å². The van der Waals surface area contributed by atoms with Crippen LogP contribution in [0.2, 0.25) is 0 Å². The molecule has 1 aromatic rings. The average Bonchev–Trinajstić information content (AvgIpc) is 2.15. The van der Waals surface area contributed by atoms with Gasteiger partial charge in [0.2, 0.25) is 0 Å². The van der Waals surface area contributed by atoms with E-state index in [1.165, 1.54) is 4.90 Å².